The molecule has 0 aliphatic rings. The van der Waals surface area contributed by atoms with Gasteiger partial charge >= 0.3 is 0 Å². The molecule has 0 spiro atoms. The largest absolute Gasteiger partial charge is 0.0975 e. The second-order valence-electron chi connectivity index (χ2n) is 4.13. The van der Waals surface area contributed by atoms with Gasteiger partial charge in [-0.3, -0.25) is 0 Å². The highest BCUT2D eigenvalue weighted by Crippen LogP contribution is 2.24. The average molecular weight is 272 g/mol. The summed E-state index contributed by atoms with van der Waals surface area (Å²) in [5.74, 6) is 0. The van der Waals surface area contributed by atoms with Crippen LogP contribution in [0.2, 0.25) is 0 Å². The topological polar surface area (TPSA) is 0 Å². The number of aryl methyl sites for hydroxylation is 2. The first kappa shape index (κ1) is 13.3. The Labute approximate surface area is 118 Å². The van der Waals surface area contributed by atoms with E-state index in [1.165, 1.54) is 20.9 Å². The van der Waals surface area contributed by atoms with Gasteiger partial charge < -0.3 is 0 Å². The van der Waals surface area contributed by atoms with Gasteiger partial charge in [0.15, 0.2) is 0 Å². The fraction of sp³-hybridized carbons (Fsp3) is 0.125. The van der Waals surface area contributed by atoms with E-state index in [1.54, 1.807) is 23.5 Å². The van der Waals surface area contributed by atoms with Crippen LogP contribution < -0.4 is 0 Å². The van der Waals surface area contributed by atoms with E-state index < -0.39 is 0 Å². The Bertz CT molecular complexity index is 460. The maximum absolute atomic E-state index is 2.15. The van der Waals surface area contributed by atoms with Gasteiger partial charge in [0.2, 0.25) is 0 Å². The molecule has 0 aromatic heterocycles. The van der Waals surface area contributed by atoms with Crippen molar-refractivity contribution in [2.75, 3.05) is 0 Å². The lowest BCUT2D eigenvalue weighted by Gasteiger charge is -1.98. The van der Waals surface area contributed by atoms with E-state index in [-0.39, 0.29) is 0 Å². The molecule has 0 amide bonds. The van der Waals surface area contributed by atoms with Crippen molar-refractivity contribution in [3.8, 4) is 0 Å². The molecule has 0 fully saturated rings. The summed E-state index contributed by atoms with van der Waals surface area (Å²) in [7, 11) is 0. The third kappa shape index (κ3) is 4.28. The summed E-state index contributed by atoms with van der Waals surface area (Å²) >= 11 is 3.50. The van der Waals surface area contributed by atoms with Gasteiger partial charge in [0, 0.05) is 9.79 Å². The van der Waals surface area contributed by atoms with Gasteiger partial charge in [0.05, 0.1) is 0 Å². The molecule has 0 N–H and O–H groups in total. The second-order valence-corrected chi connectivity index (χ2v) is 6.09. The monoisotopic (exact) mass is 272 g/mol. The first-order valence-corrected chi connectivity index (χ1v) is 7.62. The van der Waals surface area contributed by atoms with Crippen LogP contribution in [0.3, 0.4) is 0 Å². The van der Waals surface area contributed by atoms with Crippen molar-refractivity contribution in [2.24, 2.45) is 0 Å². The van der Waals surface area contributed by atoms with Crippen LogP contribution in [-0.4, -0.2) is 0 Å². The Hall–Kier alpha value is -1.12. The first-order chi connectivity index (χ1) is 8.74. The van der Waals surface area contributed by atoms with Crippen LogP contribution in [0.1, 0.15) is 11.1 Å². The van der Waals surface area contributed by atoms with E-state index >= 15 is 0 Å². The Morgan fingerprint density at radius 1 is 0.611 bits per heavy atom. The van der Waals surface area contributed by atoms with E-state index in [9.17, 15) is 0 Å². The van der Waals surface area contributed by atoms with Crippen LogP contribution in [0.5, 0.6) is 0 Å². The Morgan fingerprint density at radius 3 is 1.28 bits per heavy atom. The quantitative estimate of drug-likeness (QED) is 0.659. The van der Waals surface area contributed by atoms with Gasteiger partial charge in [-0.2, -0.15) is 0 Å². The molecule has 0 saturated heterocycles. The fourth-order valence-corrected chi connectivity index (χ4v) is 2.79. The maximum Gasteiger partial charge on any atom is 0.0116 e. The second kappa shape index (κ2) is 6.72. The first-order valence-electron chi connectivity index (χ1n) is 5.86. The Morgan fingerprint density at radius 2 is 0.944 bits per heavy atom. The van der Waals surface area contributed by atoms with Gasteiger partial charge in [-0.25, -0.2) is 0 Å². The number of thioether (sulfide) groups is 2. The summed E-state index contributed by atoms with van der Waals surface area (Å²) in [4.78, 5) is 2.56. The van der Waals surface area contributed by atoms with E-state index in [4.69, 9.17) is 0 Å². The number of hydrogen-bond acceptors (Lipinski definition) is 2. The fourth-order valence-electron chi connectivity index (χ4n) is 1.45. The van der Waals surface area contributed by atoms with Crippen molar-refractivity contribution >= 4 is 23.5 Å². The molecule has 0 atom stereocenters. The van der Waals surface area contributed by atoms with Crippen LogP contribution in [0.4, 0.5) is 0 Å². The minimum atomic E-state index is 1.28. The Kier molecular flexibility index (Phi) is 4.97. The molecule has 18 heavy (non-hydrogen) atoms. The zero-order chi connectivity index (χ0) is 12.8. The molecular formula is C16H16S2. The predicted octanol–water partition coefficient (Wildman–Crippen LogP) is 5.66. The highest BCUT2D eigenvalue weighted by molar-refractivity contribution is 8.05. The molecule has 0 nitrogen and oxygen atoms in total. The van der Waals surface area contributed by atoms with E-state index in [0.717, 1.165) is 0 Å². The van der Waals surface area contributed by atoms with Crippen LogP contribution >= 0.6 is 23.5 Å². The molecule has 2 heteroatoms. The normalized spacial score (nSPS) is 11.0. The minimum absolute atomic E-state index is 1.28. The predicted molar refractivity (Wildman–Crippen MR) is 83.2 cm³/mol. The van der Waals surface area contributed by atoms with Crippen molar-refractivity contribution in [2.45, 2.75) is 23.6 Å². The smallest absolute Gasteiger partial charge is 0.0116 e. The van der Waals surface area contributed by atoms with Crippen molar-refractivity contribution in [3.63, 3.8) is 0 Å². The van der Waals surface area contributed by atoms with Crippen molar-refractivity contribution in [3.05, 3.63) is 70.5 Å². The van der Waals surface area contributed by atoms with Crippen LogP contribution in [0, 0.1) is 13.8 Å². The Balaban J connectivity index is 1.85. The SMILES string of the molecule is Cc1ccc(S/C=C\Sc2ccc(C)cc2)cc1. The van der Waals surface area contributed by atoms with Gasteiger partial charge in [0.25, 0.3) is 0 Å². The molecule has 0 radical (unpaired) electrons. The zero-order valence-corrected chi connectivity index (χ0v) is 12.2. The lowest BCUT2D eigenvalue weighted by Crippen LogP contribution is -1.71. The molecule has 0 heterocycles. The molecule has 2 aromatic carbocycles. The molecule has 0 saturated carbocycles. The van der Waals surface area contributed by atoms with Crippen molar-refractivity contribution in [1.82, 2.24) is 0 Å². The summed E-state index contributed by atoms with van der Waals surface area (Å²) in [6.45, 7) is 4.22. The molecule has 0 aliphatic heterocycles. The van der Waals surface area contributed by atoms with Crippen molar-refractivity contribution in [1.29, 1.82) is 0 Å². The summed E-state index contributed by atoms with van der Waals surface area (Å²) < 4.78 is 0. The molecule has 2 rings (SSSR count). The molecule has 0 bridgehead atoms. The summed E-state index contributed by atoms with van der Waals surface area (Å²) in [6.07, 6.45) is 0. The van der Waals surface area contributed by atoms with Crippen LogP contribution in [0.25, 0.3) is 0 Å². The van der Waals surface area contributed by atoms with Gasteiger partial charge in [-0.15, -0.1) is 0 Å². The zero-order valence-electron chi connectivity index (χ0n) is 10.6. The van der Waals surface area contributed by atoms with Crippen LogP contribution in [-0.2, 0) is 0 Å². The van der Waals surface area contributed by atoms with E-state index in [1.807, 2.05) is 0 Å². The molecule has 0 unspecified atom stereocenters. The van der Waals surface area contributed by atoms with Gasteiger partial charge in [0.1, 0.15) is 0 Å². The minimum Gasteiger partial charge on any atom is -0.0975 e. The third-order valence-corrected chi connectivity index (χ3v) is 4.31. The highest BCUT2D eigenvalue weighted by atomic mass is 32.2. The highest BCUT2D eigenvalue weighted by Gasteiger charge is 1.91. The van der Waals surface area contributed by atoms with Crippen LogP contribution in [0.15, 0.2) is 69.1 Å². The molecule has 0 aliphatic carbocycles. The number of rotatable bonds is 4. The maximum atomic E-state index is 2.15. The standard InChI is InChI=1S/C16H16S2/c1-13-3-7-15(8-4-13)17-11-12-18-16-9-5-14(2)6-10-16/h3-12H,1-2H3/b12-11-. The lowest BCUT2D eigenvalue weighted by molar-refractivity contribution is 1.38. The van der Waals surface area contributed by atoms with Crippen molar-refractivity contribution < 1.29 is 0 Å². The van der Waals surface area contributed by atoms with E-state index in [0.29, 0.717) is 0 Å². The summed E-state index contributed by atoms with van der Waals surface area (Å²) in [6, 6.07) is 17.2. The third-order valence-electron chi connectivity index (χ3n) is 2.51. The summed E-state index contributed by atoms with van der Waals surface area (Å²) in [5.41, 5.74) is 2.61. The molecule has 2 aromatic rings. The number of hydrogen-bond donors (Lipinski definition) is 0. The summed E-state index contributed by atoms with van der Waals surface area (Å²) in [5, 5.41) is 4.27. The molecule has 92 valence electrons. The van der Waals surface area contributed by atoms with Gasteiger partial charge in [-0.05, 0) is 48.9 Å². The van der Waals surface area contributed by atoms with E-state index in [2.05, 4.69) is 73.2 Å². The lowest BCUT2D eigenvalue weighted by atomic mass is 10.2. The number of benzene rings is 2. The average Bonchev–Trinajstić information content (AvgIpc) is 2.39. The molecular weight excluding hydrogens is 256 g/mol. The van der Waals surface area contributed by atoms with Gasteiger partial charge in [-0.1, -0.05) is 58.9 Å².